The monoisotopic (exact) mass is 211 g/mol. The van der Waals surface area contributed by atoms with E-state index in [2.05, 4.69) is 0 Å². The molecule has 0 heterocycles. The van der Waals surface area contributed by atoms with Crippen molar-refractivity contribution < 1.29 is 9.90 Å². The molecule has 0 aromatic heterocycles. The van der Waals surface area contributed by atoms with Gasteiger partial charge in [-0.1, -0.05) is 35.9 Å². The normalized spacial score (nSPS) is 13.0. The van der Waals surface area contributed by atoms with Crippen LogP contribution >= 0.6 is 11.6 Å². The maximum absolute atomic E-state index is 10.4. The Hall–Kier alpha value is -1.32. The molecule has 1 atom stereocenters. The van der Waals surface area contributed by atoms with E-state index in [4.69, 9.17) is 22.4 Å². The van der Waals surface area contributed by atoms with Crippen LogP contribution in [0.3, 0.4) is 0 Å². The minimum atomic E-state index is -1.05. The maximum atomic E-state index is 10.4. The van der Waals surface area contributed by atoms with Gasteiger partial charge in [0.25, 0.3) is 0 Å². The molecule has 1 aromatic carbocycles. The molecule has 0 spiro atoms. The van der Waals surface area contributed by atoms with Crippen LogP contribution in [-0.4, -0.2) is 17.1 Å². The summed E-state index contributed by atoms with van der Waals surface area (Å²) in [5.74, 6) is -1.05. The Labute approximate surface area is 86.8 Å². The van der Waals surface area contributed by atoms with Crippen molar-refractivity contribution in [1.82, 2.24) is 0 Å². The van der Waals surface area contributed by atoms with Gasteiger partial charge in [0.05, 0.1) is 0 Å². The summed E-state index contributed by atoms with van der Waals surface area (Å²) in [7, 11) is 0. The lowest BCUT2D eigenvalue weighted by Crippen LogP contribution is -2.27. The van der Waals surface area contributed by atoms with Gasteiger partial charge in [-0.2, -0.15) is 0 Å². The van der Waals surface area contributed by atoms with Crippen LogP contribution < -0.4 is 5.73 Å². The quantitative estimate of drug-likeness (QED) is 0.801. The third-order valence-corrected chi connectivity index (χ3v) is 1.90. The SMILES string of the molecule is NC(/C=C/c1ccc(Cl)cc1)C(=O)O. The molecule has 3 N–H and O–H groups in total. The molecule has 0 amide bonds. The minimum Gasteiger partial charge on any atom is -0.480 e. The van der Waals surface area contributed by atoms with Crippen LogP contribution in [0.1, 0.15) is 5.56 Å². The van der Waals surface area contributed by atoms with E-state index in [-0.39, 0.29) is 0 Å². The van der Waals surface area contributed by atoms with E-state index < -0.39 is 12.0 Å². The van der Waals surface area contributed by atoms with Crippen molar-refractivity contribution in [3.8, 4) is 0 Å². The molecule has 1 rings (SSSR count). The second kappa shape index (κ2) is 4.79. The lowest BCUT2D eigenvalue weighted by Gasteiger charge is -1.98. The predicted octanol–water partition coefficient (Wildman–Crippen LogP) is 1.77. The Balaban J connectivity index is 2.69. The molecule has 0 aliphatic rings. The lowest BCUT2D eigenvalue weighted by molar-refractivity contribution is -0.137. The zero-order valence-corrected chi connectivity index (χ0v) is 8.11. The molecule has 0 aliphatic heterocycles. The Bertz CT molecular complexity index is 346. The van der Waals surface area contributed by atoms with Crippen LogP contribution in [0.15, 0.2) is 30.3 Å². The molecular formula is C10H10ClNO2. The number of carboxylic acids is 1. The first kappa shape index (κ1) is 10.8. The zero-order valence-electron chi connectivity index (χ0n) is 7.35. The molecule has 1 unspecified atom stereocenters. The molecule has 0 saturated heterocycles. The van der Waals surface area contributed by atoms with Crippen molar-refractivity contribution in [2.75, 3.05) is 0 Å². The van der Waals surface area contributed by atoms with Gasteiger partial charge in [-0.25, -0.2) is 0 Å². The number of carbonyl (C=O) groups is 1. The van der Waals surface area contributed by atoms with Gasteiger partial charge >= 0.3 is 5.97 Å². The van der Waals surface area contributed by atoms with Crippen LogP contribution in [0.4, 0.5) is 0 Å². The van der Waals surface area contributed by atoms with Gasteiger partial charge in [-0.05, 0) is 17.7 Å². The van der Waals surface area contributed by atoms with Crippen molar-refractivity contribution in [2.45, 2.75) is 6.04 Å². The van der Waals surface area contributed by atoms with E-state index >= 15 is 0 Å². The minimum absolute atomic E-state index is 0.643. The topological polar surface area (TPSA) is 63.3 Å². The molecule has 1 aromatic rings. The average Bonchev–Trinajstić information content (AvgIpc) is 2.16. The van der Waals surface area contributed by atoms with Crippen LogP contribution in [0.5, 0.6) is 0 Å². The second-order valence-corrected chi connectivity index (χ2v) is 3.21. The summed E-state index contributed by atoms with van der Waals surface area (Å²) >= 11 is 5.68. The fourth-order valence-electron chi connectivity index (χ4n) is 0.871. The van der Waals surface area contributed by atoms with E-state index in [1.807, 2.05) is 0 Å². The lowest BCUT2D eigenvalue weighted by atomic mass is 10.2. The molecule has 0 radical (unpaired) electrons. The van der Waals surface area contributed by atoms with E-state index in [9.17, 15) is 4.79 Å². The van der Waals surface area contributed by atoms with Gasteiger partial charge in [-0.15, -0.1) is 0 Å². The Kier molecular flexibility index (Phi) is 3.68. The summed E-state index contributed by atoms with van der Waals surface area (Å²) < 4.78 is 0. The molecule has 74 valence electrons. The van der Waals surface area contributed by atoms with Crippen molar-refractivity contribution in [1.29, 1.82) is 0 Å². The average molecular weight is 212 g/mol. The van der Waals surface area contributed by atoms with Gasteiger partial charge in [0.2, 0.25) is 0 Å². The Morgan fingerprint density at radius 1 is 1.43 bits per heavy atom. The van der Waals surface area contributed by atoms with Gasteiger partial charge < -0.3 is 10.8 Å². The molecule has 0 saturated carbocycles. The third kappa shape index (κ3) is 3.20. The summed E-state index contributed by atoms with van der Waals surface area (Å²) in [5, 5.41) is 9.15. The summed E-state index contributed by atoms with van der Waals surface area (Å²) in [6, 6.07) is 6.06. The predicted molar refractivity (Wildman–Crippen MR) is 56.1 cm³/mol. The first-order valence-electron chi connectivity index (χ1n) is 4.02. The summed E-state index contributed by atoms with van der Waals surface area (Å²) in [6.45, 7) is 0. The van der Waals surface area contributed by atoms with Crippen LogP contribution in [0.25, 0.3) is 6.08 Å². The molecule has 0 fully saturated rings. The van der Waals surface area contributed by atoms with Crippen molar-refractivity contribution in [3.63, 3.8) is 0 Å². The number of benzene rings is 1. The highest BCUT2D eigenvalue weighted by molar-refractivity contribution is 6.30. The number of aliphatic carboxylic acids is 1. The van der Waals surface area contributed by atoms with E-state index in [1.54, 1.807) is 30.3 Å². The van der Waals surface area contributed by atoms with Crippen LogP contribution in [-0.2, 0) is 4.79 Å². The molecule has 14 heavy (non-hydrogen) atoms. The standard InChI is InChI=1S/C10H10ClNO2/c11-8-4-1-7(2-5-8)3-6-9(12)10(13)14/h1-6,9H,12H2,(H,13,14)/b6-3+. The summed E-state index contributed by atoms with van der Waals surface area (Å²) in [5.41, 5.74) is 6.15. The highest BCUT2D eigenvalue weighted by atomic mass is 35.5. The molecule has 0 aliphatic carbocycles. The summed E-state index contributed by atoms with van der Waals surface area (Å²) in [4.78, 5) is 10.4. The highest BCUT2D eigenvalue weighted by Crippen LogP contribution is 2.10. The number of hydrogen-bond acceptors (Lipinski definition) is 2. The largest absolute Gasteiger partial charge is 0.480 e. The van der Waals surface area contributed by atoms with E-state index in [0.29, 0.717) is 5.02 Å². The van der Waals surface area contributed by atoms with Crippen molar-refractivity contribution in [2.24, 2.45) is 5.73 Å². The molecular weight excluding hydrogens is 202 g/mol. The maximum Gasteiger partial charge on any atom is 0.324 e. The number of rotatable bonds is 3. The second-order valence-electron chi connectivity index (χ2n) is 2.77. The third-order valence-electron chi connectivity index (χ3n) is 1.65. The fourth-order valence-corrected chi connectivity index (χ4v) is 0.997. The zero-order chi connectivity index (χ0) is 10.6. The fraction of sp³-hybridized carbons (Fsp3) is 0.100. The first-order chi connectivity index (χ1) is 6.59. The van der Waals surface area contributed by atoms with E-state index in [1.165, 1.54) is 6.08 Å². The van der Waals surface area contributed by atoms with Gasteiger partial charge in [-0.3, -0.25) is 4.79 Å². The summed E-state index contributed by atoms with van der Waals surface area (Å²) in [6.07, 6.45) is 3.07. The van der Waals surface area contributed by atoms with Crippen molar-refractivity contribution >= 4 is 23.6 Å². The van der Waals surface area contributed by atoms with Gasteiger partial charge in [0.1, 0.15) is 6.04 Å². The molecule has 0 bridgehead atoms. The molecule has 4 heteroatoms. The van der Waals surface area contributed by atoms with Crippen LogP contribution in [0.2, 0.25) is 5.02 Å². The first-order valence-corrected chi connectivity index (χ1v) is 4.39. The number of hydrogen-bond donors (Lipinski definition) is 2. The van der Waals surface area contributed by atoms with Gasteiger partial charge in [0, 0.05) is 5.02 Å². The van der Waals surface area contributed by atoms with Crippen LogP contribution in [0, 0.1) is 0 Å². The number of nitrogens with two attached hydrogens (primary N) is 1. The highest BCUT2D eigenvalue weighted by Gasteiger charge is 2.05. The smallest absolute Gasteiger partial charge is 0.324 e. The number of halogens is 1. The van der Waals surface area contributed by atoms with Crippen molar-refractivity contribution in [3.05, 3.63) is 40.9 Å². The Morgan fingerprint density at radius 3 is 2.50 bits per heavy atom. The van der Waals surface area contributed by atoms with Gasteiger partial charge in [0.15, 0.2) is 0 Å². The Morgan fingerprint density at radius 2 is 2.00 bits per heavy atom. The number of carboxylic acid groups (broad SMARTS) is 1. The van der Waals surface area contributed by atoms with E-state index in [0.717, 1.165) is 5.56 Å². The molecule has 3 nitrogen and oxygen atoms in total.